The Hall–Kier alpha value is -2.39. The van der Waals surface area contributed by atoms with E-state index in [1.165, 1.54) is 5.56 Å². The van der Waals surface area contributed by atoms with Crippen molar-refractivity contribution in [2.75, 3.05) is 13.1 Å². The standard InChI is InChI=1S/C18H17N3/c1-3-7-13(8-4-1)16-17(14-9-5-2-6-10-14)21-18(20-16)15-11-19-12-15/h1-10,15,19H,11-12H2,(H,20,21). The van der Waals surface area contributed by atoms with Gasteiger partial charge in [-0.3, -0.25) is 0 Å². The smallest absolute Gasteiger partial charge is 0.112 e. The molecular weight excluding hydrogens is 258 g/mol. The van der Waals surface area contributed by atoms with Crippen molar-refractivity contribution in [1.29, 1.82) is 0 Å². The quantitative estimate of drug-likeness (QED) is 0.769. The maximum atomic E-state index is 4.88. The third-order valence-corrected chi connectivity index (χ3v) is 4.00. The highest BCUT2D eigenvalue weighted by Gasteiger charge is 2.24. The van der Waals surface area contributed by atoms with Gasteiger partial charge >= 0.3 is 0 Å². The van der Waals surface area contributed by atoms with Gasteiger partial charge in [-0.2, -0.15) is 0 Å². The minimum absolute atomic E-state index is 0.505. The van der Waals surface area contributed by atoms with Crippen molar-refractivity contribution in [2.24, 2.45) is 0 Å². The maximum absolute atomic E-state index is 4.88. The number of hydrogen-bond donors (Lipinski definition) is 2. The molecule has 1 aliphatic heterocycles. The highest BCUT2D eigenvalue weighted by Crippen LogP contribution is 2.32. The third kappa shape index (κ3) is 2.26. The summed E-state index contributed by atoms with van der Waals surface area (Å²) < 4.78 is 0. The zero-order chi connectivity index (χ0) is 14.1. The Morgan fingerprint density at radius 3 is 2.00 bits per heavy atom. The van der Waals surface area contributed by atoms with Crippen molar-refractivity contribution in [1.82, 2.24) is 15.3 Å². The molecule has 2 aromatic carbocycles. The lowest BCUT2D eigenvalue weighted by molar-refractivity contribution is 0.433. The molecule has 0 atom stereocenters. The molecule has 2 heterocycles. The molecule has 104 valence electrons. The van der Waals surface area contributed by atoms with Crippen molar-refractivity contribution < 1.29 is 0 Å². The van der Waals surface area contributed by atoms with Crippen LogP contribution in [0.2, 0.25) is 0 Å². The lowest BCUT2D eigenvalue weighted by Gasteiger charge is -2.24. The molecule has 3 heteroatoms. The van der Waals surface area contributed by atoms with Crippen molar-refractivity contribution in [2.45, 2.75) is 5.92 Å². The van der Waals surface area contributed by atoms with Crippen molar-refractivity contribution >= 4 is 0 Å². The van der Waals surface area contributed by atoms with E-state index in [2.05, 4.69) is 58.8 Å². The SMILES string of the molecule is c1ccc(-c2nc(C3CNC3)[nH]c2-c2ccccc2)cc1. The van der Waals surface area contributed by atoms with Gasteiger partial charge in [-0.15, -0.1) is 0 Å². The molecule has 3 nitrogen and oxygen atoms in total. The molecule has 1 aliphatic rings. The predicted octanol–water partition coefficient (Wildman–Crippen LogP) is 3.43. The van der Waals surface area contributed by atoms with Gasteiger partial charge in [0.2, 0.25) is 0 Å². The molecule has 1 aromatic heterocycles. The van der Waals surface area contributed by atoms with Crippen LogP contribution in [0.1, 0.15) is 11.7 Å². The second-order valence-electron chi connectivity index (χ2n) is 5.43. The number of rotatable bonds is 3. The first-order valence-electron chi connectivity index (χ1n) is 7.33. The van der Waals surface area contributed by atoms with Gasteiger partial charge in [0.25, 0.3) is 0 Å². The molecule has 0 spiro atoms. The molecule has 0 bridgehead atoms. The summed E-state index contributed by atoms with van der Waals surface area (Å²) >= 11 is 0. The third-order valence-electron chi connectivity index (χ3n) is 4.00. The molecule has 0 amide bonds. The summed E-state index contributed by atoms with van der Waals surface area (Å²) in [7, 11) is 0. The van der Waals surface area contributed by atoms with Crippen LogP contribution in [0.15, 0.2) is 60.7 Å². The Bertz CT molecular complexity index is 671. The van der Waals surface area contributed by atoms with Crippen molar-refractivity contribution in [3.63, 3.8) is 0 Å². The van der Waals surface area contributed by atoms with Crippen LogP contribution in [-0.4, -0.2) is 23.1 Å². The number of benzene rings is 2. The molecule has 3 aromatic rings. The van der Waals surface area contributed by atoms with Gasteiger partial charge in [-0.1, -0.05) is 60.7 Å². The molecule has 0 unspecified atom stereocenters. The van der Waals surface area contributed by atoms with Gasteiger partial charge < -0.3 is 10.3 Å². The molecule has 21 heavy (non-hydrogen) atoms. The van der Waals surface area contributed by atoms with Gasteiger partial charge in [0, 0.05) is 30.1 Å². The van der Waals surface area contributed by atoms with Crippen LogP contribution in [0.5, 0.6) is 0 Å². The van der Waals surface area contributed by atoms with E-state index in [9.17, 15) is 0 Å². The summed E-state index contributed by atoms with van der Waals surface area (Å²) in [6.07, 6.45) is 0. The van der Waals surface area contributed by atoms with Gasteiger partial charge in [0.1, 0.15) is 5.82 Å². The van der Waals surface area contributed by atoms with Crippen LogP contribution in [0, 0.1) is 0 Å². The van der Waals surface area contributed by atoms with Gasteiger partial charge in [0.05, 0.1) is 11.4 Å². The van der Waals surface area contributed by atoms with E-state index in [0.29, 0.717) is 5.92 Å². The predicted molar refractivity (Wildman–Crippen MR) is 85.1 cm³/mol. The van der Waals surface area contributed by atoms with E-state index < -0.39 is 0 Å². The fraction of sp³-hybridized carbons (Fsp3) is 0.167. The Labute approximate surface area is 124 Å². The second kappa shape index (κ2) is 5.19. The fourth-order valence-electron chi connectivity index (χ4n) is 2.69. The minimum Gasteiger partial charge on any atom is -0.341 e. The van der Waals surface area contributed by atoms with Crippen molar-refractivity contribution in [3.05, 3.63) is 66.5 Å². The van der Waals surface area contributed by atoms with Crippen LogP contribution < -0.4 is 5.32 Å². The average molecular weight is 275 g/mol. The molecule has 0 saturated carbocycles. The summed E-state index contributed by atoms with van der Waals surface area (Å²) in [5, 5.41) is 3.31. The van der Waals surface area contributed by atoms with E-state index in [0.717, 1.165) is 35.9 Å². The van der Waals surface area contributed by atoms with Crippen LogP contribution in [0.3, 0.4) is 0 Å². The molecule has 1 fully saturated rings. The zero-order valence-electron chi connectivity index (χ0n) is 11.7. The topological polar surface area (TPSA) is 40.7 Å². The van der Waals surface area contributed by atoms with Gasteiger partial charge in [0.15, 0.2) is 0 Å². The Kier molecular flexibility index (Phi) is 3.05. The van der Waals surface area contributed by atoms with E-state index >= 15 is 0 Å². The Morgan fingerprint density at radius 2 is 1.43 bits per heavy atom. The Balaban J connectivity index is 1.85. The maximum Gasteiger partial charge on any atom is 0.112 e. The van der Waals surface area contributed by atoms with Crippen LogP contribution in [0.25, 0.3) is 22.5 Å². The van der Waals surface area contributed by atoms with E-state index in [1.807, 2.05) is 12.1 Å². The van der Waals surface area contributed by atoms with Crippen LogP contribution >= 0.6 is 0 Å². The monoisotopic (exact) mass is 275 g/mol. The van der Waals surface area contributed by atoms with Crippen LogP contribution in [0.4, 0.5) is 0 Å². The van der Waals surface area contributed by atoms with E-state index in [1.54, 1.807) is 0 Å². The van der Waals surface area contributed by atoms with Crippen LogP contribution in [-0.2, 0) is 0 Å². The van der Waals surface area contributed by atoms with Crippen molar-refractivity contribution in [3.8, 4) is 22.5 Å². The fourth-order valence-corrected chi connectivity index (χ4v) is 2.69. The first-order chi connectivity index (χ1) is 10.4. The molecule has 4 rings (SSSR count). The lowest BCUT2D eigenvalue weighted by atomic mass is 10.0. The number of imidazole rings is 1. The second-order valence-corrected chi connectivity index (χ2v) is 5.43. The highest BCUT2D eigenvalue weighted by molar-refractivity contribution is 5.78. The first-order valence-corrected chi connectivity index (χ1v) is 7.33. The molecule has 2 N–H and O–H groups in total. The number of aromatic nitrogens is 2. The number of nitrogens with one attached hydrogen (secondary N) is 2. The Morgan fingerprint density at radius 1 is 0.810 bits per heavy atom. The highest BCUT2D eigenvalue weighted by atomic mass is 15.0. The van der Waals surface area contributed by atoms with E-state index in [4.69, 9.17) is 4.98 Å². The number of aromatic amines is 1. The number of hydrogen-bond acceptors (Lipinski definition) is 2. The summed E-state index contributed by atoms with van der Waals surface area (Å²) in [5.74, 6) is 1.59. The molecule has 0 radical (unpaired) electrons. The van der Waals surface area contributed by atoms with Gasteiger partial charge in [-0.25, -0.2) is 4.98 Å². The number of H-pyrrole nitrogens is 1. The largest absolute Gasteiger partial charge is 0.341 e. The molecular formula is C18H17N3. The lowest BCUT2D eigenvalue weighted by Crippen LogP contribution is -2.40. The average Bonchev–Trinajstić information content (AvgIpc) is 2.92. The summed E-state index contributed by atoms with van der Waals surface area (Å²) in [5.41, 5.74) is 4.50. The molecule has 1 saturated heterocycles. The van der Waals surface area contributed by atoms with Gasteiger partial charge in [-0.05, 0) is 0 Å². The molecule has 0 aliphatic carbocycles. The first kappa shape index (κ1) is 12.4. The summed E-state index contributed by atoms with van der Waals surface area (Å²) in [6.45, 7) is 2.02. The summed E-state index contributed by atoms with van der Waals surface area (Å²) in [4.78, 5) is 8.43. The normalized spacial score (nSPS) is 14.9. The van der Waals surface area contributed by atoms with E-state index in [-0.39, 0.29) is 0 Å². The minimum atomic E-state index is 0.505. The number of nitrogens with zero attached hydrogens (tertiary/aromatic N) is 1. The summed E-state index contributed by atoms with van der Waals surface area (Å²) in [6, 6.07) is 20.8. The zero-order valence-corrected chi connectivity index (χ0v) is 11.7.